The zero-order chi connectivity index (χ0) is 10.8. The molecule has 4 heteroatoms. The number of halogens is 2. The second kappa shape index (κ2) is 4.17. The Balaban J connectivity index is 2.53. The van der Waals surface area contributed by atoms with E-state index in [0.717, 1.165) is 16.8 Å². The Morgan fingerprint density at radius 2 is 1.67 bits per heavy atom. The summed E-state index contributed by atoms with van der Waals surface area (Å²) in [5.74, 6) is 0. The molecule has 76 valence electrons. The molecule has 1 aromatic carbocycles. The summed E-state index contributed by atoms with van der Waals surface area (Å²) in [5, 5.41) is 8.84. The van der Waals surface area contributed by atoms with Crippen LogP contribution in [-0.2, 0) is 0 Å². The topological polar surface area (TPSA) is 25.8 Å². The van der Waals surface area contributed by atoms with Gasteiger partial charge >= 0.3 is 0 Å². The van der Waals surface area contributed by atoms with E-state index in [-0.39, 0.29) is 0 Å². The molecule has 15 heavy (non-hydrogen) atoms. The molecule has 0 bridgehead atoms. The van der Waals surface area contributed by atoms with Crippen molar-refractivity contribution in [3.63, 3.8) is 0 Å². The molecule has 2 rings (SSSR count). The summed E-state index contributed by atoms with van der Waals surface area (Å²) in [6, 6.07) is 9.36. The van der Waals surface area contributed by atoms with Crippen molar-refractivity contribution in [2.45, 2.75) is 6.92 Å². The Hall–Kier alpha value is -1.12. The Morgan fingerprint density at radius 1 is 1.00 bits per heavy atom. The zero-order valence-electron chi connectivity index (χ0n) is 8.04. The third kappa shape index (κ3) is 2.28. The van der Waals surface area contributed by atoms with E-state index in [0.29, 0.717) is 10.2 Å². The fourth-order valence-electron chi connectivity index (χ4n) is 1.31. The number of hydrogen-bond donors (Lipinski definition) is 0. The van der Waals surface area contributed by atoms with Gasteiger partial charge in [-0.2, -0.15) is 5.10 Å². The molecule has 0 unspecified atom stereocenters. The van der Waals surface area contributed by atoms with Crippen molar-refractivity contribution in [3.8, 4) is 11.1 Å². The summed E-state index contributed by atoms with van der Waals surface area (Å²) < 4.78 is 0. The number of hydrogen-bond acceptors (Lipinski definition) is 2. The number of nitrogens with zero attached hydrogens (tertiary/aromatic N) is 2. The molecule has 0 aliphatic carbocycles. The summed E-state index contributed by atoms with van der Waals surface area (Å²) >= 11 is 11.8. The highest BCUT2D eigenvalue weighted by atomic mass is 35.5. The summed E-state index contributed by atoms with van der Waals surface area (Å²) in [6.07, 6.45) is 0. The van der Waals surface area contributed by atoms with Gasteiger partial charge in [-0.05, 0) is 30.7 Å². The molecule has 0 radical (unpaired) electrons. The number of rotatable bonds is 1. The molecule has 0 atom stereocenters. The smallest absolute Gasteiger partial charge is 0.154 e. The van der Waals surface area contributed by atoms with Crippen LogP contribution in [0.2, 0.25) is 10.2 Å². The molecule has 2 aromatic rings. The molecule has 1 aromatic heterocycles. The van der Waals surface area contributed by atoms with E-state index in [2.05, 4.69) is 10.2 Å². The normalized spacial score (nSPS) is 10.3. The first-order valence-corrected chi connectivity index (χ1v) is 5.18. The Labute approximate surface area is 97.9 Å². The molecule has 2 nitrogen and oxygen atoms in total. The molecule has 0 saturated carbocycles. The highest BCUT2D eigenvalue weighted by Crippen LogP contribution is 2.26. The number of aromatic nitrogens is 2. The minimum absolute atomic E-state index is 0.405. The van der Waals surface area contributed by atoms with Gasteiger partial charge in [0.1, 0.15) is 0 Å². The van der Waals surface area contributed by atoms with Gasteiger partial charge in [0, 0.05) is 10.6 Å². The van der Waals surface area contributed by atoms with Crippen LogP contribution >= 0.6 is 23.2 Å². The zero-order valence-corrected chi connectivity index (χ0v) is 9.55. The first kappa shape index (κ1) is 10.4. The molecular weight excluding hydrogens is 231 g/mol. The minimum atomic E-state index is 0.405. The first-order chi connectivity index (χ1) is 7.16. The quantitative estimate of drug-likeness (QED) is 0.757. The molecule has 1 heterocycles. The lowest BCUT2D eigenvalue weighted by molar-refractivity contribution is 0.983. The SMILES string of the molecule is Cc1cc(-c2ccc(Cl)cc2)c(Cl)nn1. The second-order valence-electron chi connectivity index (χ2n) is 3.20. The van der Waals surface area contributed by atoms with Crippen molar-refractivity contribution in [2.75, 3.05) is 0 Å². The first-order valence-electron chi connectivity index (χ1n) is 4.42. The summed E-state index contributed by atoms with van der Waals surface area (Å²) in [4.78, 5) is 0. The fourth-order valence-corrected chi connectivity index (χ4v) is 1.63. The van der Waals surface area contributed by atoms with E-state index in [4.69, 9.17) is 23.2 Å². The predicted molar refractivity (Wildman–Crippen MR) is 62.2 cm³/mol. The molecular formula is C11H8Cl2N2. The summed E-state index contributed by atoms with van der Waals surface area (Å²) in [7, 11) is 0. The van der Waals surface area contributed by atoms with Crippen molar-refractivity contribution in [2.24, 2.45) is 0 Å². The van der Waals surface area contributed by atoms with Crippen LogP contribution in [0.3, 0.4) is 0 Å². The van der Waals surface area contributed by atoms with Gasteiger partial charge in [-0.25, -0.2) is 0 Å². The standard InChI is InChI=1S/C11H8Cl2N2/c1-7-6-10(11(13)15-14-7)8-2-4-9(12)5-3-8/h2-6H,1H3. The second-order valence-corrected chi connectivity index (χ2v) is 3.99. The maximum absolute atomic E-state index is 5.96. The van der Waals surface area contributed by atoms with Gasteiger partial charge in [-0.3, -0.25) is 0 Å². The lowest BCUT2D eigenvalue weighted by Crippen LogP contribution is -1.90. The van der Waals surface area contributed by atoms with E-state index in [1.54, 1.807) is 0 Å². The van der Waals surface area contributed by atoms with Crippen molar-refractivity contribution < 1.29 is 0 Å². The Kier molecular flexibility index (Phi) is 2.89. The molecule has 0 saturated heterocycles. The molecule has 0 aliphatic rings. The predicted octanol–water partition coefficient (Wildman–Crippen LogP) is 3.76. The van der Waals surface area contributed by atoms with Gasteiger partial charge in [0.15, 0.2) is 5.15 Å². The maximum Gasteiger partial charge on any atom is 0.159 e. The van der Waals surface area contributed by atoms with Crippen LogP contribution in [-0.4, -0.2) is 10.2 Å². The van der Waals surface area contributed by atoms with Gasteiger partial charge in [-0.15, -0.1) is 5.10 Å². The van der Waals surface area contributed by atoms with Gasteiger partial charge in [-0.1, -0.05) is 35.3 Å². The van der Waals surface area contributed by atoms with Crippen molar-refractivity contribution in [1.82, 2.24) is 10.2 Å². The van der Waals surface area contributed by atoms with Crippen LogP contribution < -0.4 is 0 Å². The van der Waals surface area contributed by atoms with E-state index < -0.39 is 0 Å². The number of benzene rings is 1. The van der Waals surface area contributed by atoms with Crippen LogP contribution in [0.15, 0.2) is 30.3 Å². The number of aryl methyl sites for hydroxylation is 1. The average Bonchev–Trinajstić information content (AvgIpc) is 2.23. The fraction of sp³-hybridized carbons (Fsp3) is 0.0909. The van der Waals surface area contributed by atoms with E-state index >= 15 is 0 Å². The maximum atomic E-state index is 5.96. The molecule has 0 fully saturated rings. The van der Waals surface area contributed by atoms with Crippen LogP contribution in [0, 0.1) is 6.92 Å². The minimum Gasteiger partial charge on any atom is -0.154 e. The van der Waals surface area contributed by atoms with E-state index in [1.165, 1.54) is 0 Å². The van der Waals surface area contributed by atoms with Crippen LogP contribution in [0.1, 0.15) is 5.69 Å². The van der Waals surface area contributed by atoms with Gasteiger partial charge in [0.25, 0.3) is 0 Å². The highest BCUT2D eigenvalue weighted by Gasteiger charge is 2.05. The molecule has 0 N–H and O–H groups in total. The third-order valence-corrected chi connectivity index (χ3v) is 2.56. The third-order valence-electron chi connectivity index (χ3n) is 2.03. The van der Waals surface area contributed by atoms with Crippen molar-refractivity contribution in [1.29, 1.82) is 0 Å². The molecule has 0 aliphatic heterocycles. The van der Waals surface area contributed by atoms with Gasteiger partial charge in [0.05, 0.1) is 5.69 Å². The lowest BCUT2D eigenvalue weighted by atomic mass is 10.1. The Bertz CT molecular complexity index is 480. The van der Waals surface area contributed by atoms with Gasteiger partial charge < -0.3 is 0 Å². The lowest BCUT2D eigenvalue weighted by Gasteiger charge is -2.03. The summed E-state index contributed by atoms with van der Waals surface area (Å²) in [5.41, 5.74) is 2.70. The molecule has 0 spiro atoms. The Morgan fingerprint density at radius 3 is 2.33 bits per heavy atom. The monoisotopic (exact) mass is 238 g/mol. The van der Waals surface area contributed by atoms with Crippen LogP contribution in [0.25, 0.3) is 11.1 Å². The van der Waals surface area contributed by atoms with Crippen LogP contribution in [0.4, 0.5) is 0 Å². The average molecular weight is 239 g/mol. The molecule has 0 amide bonds. The van der Waals surface area contributed by atoms with E-state index in [9.17, 15) is 0 Å². The summed E-state index contributed by atoms with van der Waals surface area (Å²) in [6.45, 7) is 1.88. The van der Waals surface area contributed by atoms with Crippen molar-refractivity contribution >= 4 is 23.2 Å². The van der Waals surface area contributed by atoms with Crippen molar-refractivity contribution in [3.05, 3.63) is 46.2 Å². The van der Waals surface area contributed by atoms with Crippen LogP contribution in [0.5, 0.6) is 0 Å². The highest BCUT2D eigenvalue weighted by molar-refractivity contribution is 6.32. The van der Waals surface area contributed by atoms with E-state index in [1.807, 2.05) is 37.3 Å². The largest absolute Gasteiger partial charge is 0.159 e. The van der Waals surface area contributed by atoms with Gasteiger partial charge in [0.2, 0.25) is 0 Å².